The summed E-state index contributed by atoms with van der Waals surface area (Å²) >= 11 is 0. The predicted molar refractivity (Wildman–Crippen MR) is 96.7 cm³/mol. The Morgan fingerprint density at radius 1 is 1.19 bits per heavy atom. The summed E-state index contributed by atoms with van der Waals surface area (Å²) in [5.41, 5.74) is 0.607. The van der Waals surface area contributed by atoms with Crippen LogP contribution in [0, 0.1) is 0 Å². The largest absolute Gasteiger partial charge is 0.494 e. The van der Waals surface area contributed by atoms with E-state index in [1.165, 1.54) is 12.1 Å². The summed E-state index contributed by atoms with van der Waals surface area (Å²) in [4.78, 5) is 10.9. The van der Waals surface area contributed by atoms with E-state index in [-0.39, 0.29) is 11.4 Å². The van der Waals surface area contributed by atoms with E-state index in [1.54, 1.807) is 24.4 Å². The second kappa shape index (κ2) is 8.43. The molecule has 1 saturated heterocycles. The van der Waals surface area contributed by atoms with Gasteiger partial charge in [-0.15, -0.1) is 0 Å². The Morgan fingerprint density at radius 2 is 1.92 bits per heavy atom. The molecule has 8 nitrogen and oxygen atoms in total. The van der Waals surface area contributed by atoms with Crippen LogP contribution in [0.2, 0.25) is 0 Å². The van der Waals surface area contributed by atoms with Crippen LogP contribution in [0.25, 0.3) is 0 Å². The fourth-order valence-electron chi connectivity index (χ4n) is 2.53. The van der Waals surface area contributed by atoms with E-state index >= 15 is 0 Å². The maximum Gasteiger partial charge on any atom is 0.240 e. The molecule has 0 saturated carbocycles. The van der Waals surface area contributed by atoms with Crippen LogP contribution in [-0.4, -0.2) is 51.3 Å². The van der Waals surface area contributed by atoms with E-state index in [9.17, 15) is 8.42 Å². The molecule has 0 radical (unpaired) electrons. The lowest BCUT2D eigenvalue weighted by Gasteiger charge is -2.26. The molecular weight excluding hydrogens is 356 g/mol. The highest BCUT2D eigenvalue weighted by Gasteiger charge is 2.16. The van der Waals surface area contributed by atoms with Crippen LogP contribution in [0.3, 0.4) is 0 Å². The summed E-state index contributed by atoms with van der Waals surface area (Å²) in [6.07, 6.45) is 1.64. The van der Waals surface area contributed by atoms with Crippen molar-refractivity contribution >= 4 is 16.0 Å². The highest BCUT2D eigenvalue weighted by atomic mass is 32.2. The minimum Gasteiger partial charge on any atom is -0.494 e. The maximum absolute atomic E-state index is 12.4. The zero-order valence-corrected chi connectivity index (χ0v) is 15.4. The summed E-state index contributed by atoms with van der Waals surface area (Å²) in [5, 5.41) is 0. The Morgan fingerprint density at radius 3 is 2.62 bits per heavy atom. The molecule has 140 valence electrons. The summed E-state index contributed by atoms with van der Waals surface area (Å²) in [6, 6.07) is 8.02. The summed E-state index contributed by atoms with van der Waals surface area (Å²) < 4.78 is 38.1. The van der Waals surface area contributed by atoms with Gasteiger partial charge in [-0.05, 0) is 37.3 Å². The van der Waals surface area contributed by atoms with Crippen molar-refractivity contribution < 1.29 is 17.9 Å². The van der Waals surface area contributed by atoms with Crippen molar-refractivity contribution in [2.75, 3.05) is 37.8 Å². The molecule has 1 fully saturated rings. The third kappa shape index (κ3) is 4.69. The van der Waals surface area contributed by atoms with Gasteiger partial charge in [0.2, 0.25) is 16.0 Å². The Bertz CT molecular complexity index is 821. The molecule has 0 aliphatic carbocycles. The van der Waals surface area contributed by atoms with E-state index in [0.717, 1.165) is 13.1 Å². The van der Waals surface area contributed by atoms with E-state index in [0.29, 0.717) is 37.2 Å². The van der Waals surface area contributed by atoms with Crippen LogP contribution in [0.15, 0.2) is 41.4 Å². The molecule has 1 aromatic carbocycles. The van der Waals surface area contributed by atoms with Gasteiger partial charge in [-0.25, -0.2) is 23.1 Å². The van der Waals surface area contributed by atoms with Gasteiger partial charge >= 0.3 is 0 Å². The average molecular weight is 378 g/mol. The second-order valence-corrected chi connectivity index (χ2v) is 7.44. The van der Waals surface area contributed by atoms with Crippen molar-refractivity contribution in [1.82, 2.24) is 14.7 Å². The molecule has 0 unspecified atom stereocenters. The van der Waals surface area contributed by atoms with Crippen LogP contribution in [0.5, 0.6) is 5.75 Å². The zero-order valence-electron chi connectivity index (χ0n) is 14.6. The summed E-state index contributed by atoms with van der Waals surface area (Å²) in [7, 11) is -3.63. The van der Waals surface area contributed by atoms with Gasteiger partial charge in [-0.3, -0.25) is 0 Å². The number of hydrogen-bond donors (Lipinski definition) is 1. The molecule has 0 spiro atoms. The van der Waals surface area contributed by atoms with Gasteiger partial charge < -0.3 is 14.4 Å². The molecule has 9 heteroatoms. The van der Waals surface area contributed by atoms with Crippen molar-refractivity contribution in [3.05, 3.63) is 42.2 Å². The fraction of sp³-hybridized carbons (Fsp3) is 0.412. The molecule has 0 amide bonds. The van der Waals surface area contributed by atoms with Crippen molar-refractivity contribution in [1.29, 1.82) is 0 Å². The van der Waals surface area contributed by atoms with E-state index in [2.05, 4.69) is 14.7 Å². The summed E-state index contributed by atoms with van der Waals surface area (Å²) in [6.45, 7) is 5.22. The lowest BCUT2D eigenvalue weighted by Crippen LogP contribution is -2.37. The van der Waals surface area contributed by atoms with E-state index in [4.69, 9.17) is 9.47 Å². The number of anilines is 1. The van der Waals surface area contributed by atoms with Crippen molar-refractivity contribution in [3.8, 4) is 5.75 Å². The molecule has 26 heavy (non-hydrogen) atoms. The molecule has 0 atom stereocenters. The lowest BCUT2D eigenvalue weighted by molar-refractivity contribution is 0.122. The minimum atomic E-state index is -3.63. The van der Waals surface area contributed by atoms with Gasteiger partial charge in [-0.2, -0.15) is 0 Å². The van der Waals surface area contributed by atoms with Crippen molar-refractivity contribution in [3.63, 3.8) is 0 Å². The van der Waals surface area contributed by atoms with Crippen LogP contribution < -0.4 is 14.4 Å². The summed E-state index contributed by atoms with van der Waals surface area (Å²) in [5.74, 6) is 1.23. The Hall–Kier alpha value is -2.23. The predicted octanol–water partition coefficient (Wildman–Crippen LogP) is 1.19. The number of benzene rings is 1. The number of ether oxygens (including phenoxy) is 2. The number of hydrogen-bond acceptors (Lipinski definition) is 7. The molecule has 1 aromatic heterocycles. The first-order chi connectivity index (χ1) is 12.6. The molecule has 2 heterocycles. The molecule has 2 aromatic rings. The van der Waals surface area contributed by atoms with Crippen LogP contribution >= 0.6 is 0 Å². The second-order valence-electron chi connectivity index (χ2n) is 5.68. The Kier molecular flexibility index (Phi) is 6.02. The zero-order chi connectivity index (χ0) is 18.4. The fourth-order valence-corrected chi connectivity index (χ4v) is 3.53. The van der Waals surface area contributed by atoms with Gasteiger partial charge in [0.1, 0.15) is 5.75 Å². The number of nitrogens with one attached hydrogen (secondary N) is 1. The Balaban J connectivity index is 1.65. The third-order valence-electron chi connectivity index (χ3n) is 3.88. The van der Waals surface area contributed by atoms with Crippen molar-refractivity contribution in [2.45, 2.75) is 18.4 Å². The monoisotopic (exact) mass is 378 g/mol. The molecule has 1 aliphatic rings. The number of nitrogens with zero attached hydrogens (tertiary/aromatic N) is 3. The third-order valence-corrected chi connectivity index (χ3v) is 5.30. The van der Waals surface area contributed by atoms with Gasteiger partial charge in [0.15, 0.2) is 0 Å². The lowest BCUT2D eigenvalue weighted by atomic mass is 10.3. The first kappa shape index (κ1) is 18.6. The van der Waals surface area contributed by atoms with E-state index in [1.807, 2.05) is 11.8 Å². The minimum absolute atomic E-state index is 0.0927. The van der Waals surface area contributed by atoms with Crippen LogP contribution in [-0.2, 0) is 21.3 Å². The highest BCUT2D eigenvalue weighted by molar-refractivity contribution is 7.89. The molecule has 1 N–H and O–H groups in total. The number of aromatic nitrogens is 2. The standard InChI is InChI=1S/C17H22N4O4S/c1-2-25-15-3-5-16(6-4-15)26(22,23)19-13-14-7-8-18-17(20-14)21-9-11-24-12-10-21/h3-8,19H,2,9-13H2,1H3. The van der Waals surface area contributed by atoms with Crippen LogP contribution in [0.4, 0.5) is 5.95 Å². The topological polar surface area (TPSA) is 93.7 Å². The van der Waals surface area contributed by atoms with Crippen LogP contribution in [0.1, 0.15) is 12.6 Å². The Labute approximate surface area is 153 Å². The SMILES string of the molecule is CCOc1ccc(S(=O)(=O)NCc2ccnc(N3CCOCC3)n2)cc1. The van der Waals surface area contributed by atoms with E-state index < -0.39 is 10.0 Å². The van der Waals surface area contributed by atoms with Gasteiger partial charge in [0.25, 0.3) is 0 Å². The smallest absolute Gasteiger partial charge is 0.240 e. The highest BCUT2D eigenvalue weighted by Crippen LogP contribution is 2.16. The normalized spacial score (nSPS) is 15.0. The number of sulfonamides is 1. The molecule has 3 rings (SSSR count). The maximum atomic E-state index is 12.4. The first-order valence-corrected chi connectivity index (χ1v) is 9.94. The quantitative estimate of drug-likeness (QED) is 0.773. The van der Waals surface area contributed by atoms with Crippen molar-refractivity contribution in [2.24, 2.45) is 0 Å². The van der Waals surface area contributed by atoms with Gasteiger partial charge in [-0.1, -0.05) is 0 Å². The molecule has 1 aliphatic heterocycles. The average Bonchev–Trinajstić information content (AvgIpc) is 2.68. The number of rotatable bonds is 7. The van der Waals surface area contributed by atoms with Gasteiger partial charge in [0, 0.05) is 19.3 Å². The van der Waals surface area contributed by atoms with Gasteiger partial charge in [0.05, 0.1) is 37.0 Å². The number of morpholine rings is 1. The molecule has 0 bridgehead atoms. The first-order valence-electron chi connectivity index (χ1n) is 8.45. The molecular formula is C17H22N4O4S.